The molecule has 0 saturated heterocycles. The second-order valence-electron chi connectivity index (χ2n) is 5.86. The molecule has 0 bridgehead atoms. The molecule has 3 rings (SSSR count). The smallest absolute Gasteiger partial charge is 0.251 e. The molecule has 0 atom stereocenters. The highest BCUT2D eigenvalue weighted by atomic mass is 16.2. The summed E-state index contributed by atoms with van der Waals surface area (Å²) in [5.74, 6) is 0.0617. The standard InChI is InChI=1S/C16H20N2O2/c1-2-16(8-9-16)18-15(20)12-6-7-13-11(10-12)4-3-5-14(19)17-13/h6-7,10H,2-5,8-9H2,1H3,(H,17,19)(H,18,20). The summed E-state index contributed by atoms with van der Waals surface area (Å²) < 4.78 is 0. The van der Waals surface area contributed by atoms with E-state index in [0.29, 0.717) is 12.0 Å². The molecule has 0 radical (unpaired) electrons. The molecule has 1 aliphatic carbocycles. The second-order valence-corrected chi connectivity index (χ2v) is 5.86. The monoisotopic (exact) mass is 272 g/mol. The van der Waals surface area contributed by atoms with Crippen LogP contribution in [0.1, 0.15) is 54.9 Å². The largest absolute Gasteiger partial charge is 0.347 e. The second kappa shape index (κ2) is 4.93. The van der Waals surface area contributed by atoms with Gasteiger partial charge in [0.15, 0.2) is 0 Å². The zero-order valence-corrected chi connectivity index (χ0v) is 11.8. The summed E-state index contributed by atoms with van der Waals surface area (Å²) in [6.07, 6.45) is 5.37. The minimum atomic E-state index is 0.00252. The minimum absolute atomic E-state index is 0.00252. The molecule has 20 heavy (non-hydrogen) atoms. The van der Waals surface area contributed by atoms with Gasteiger partial charge in [-0.15, -0.1) is 0 Å². The maximum atomic E-state index is 12.3. The molecule has 0 unspecified atom stereocenters. The Kier molecular flexibility index (Phi) is 3.24. The van der Waals surface area contributed by atoms with E-state index in [4.69, 9.17) is 0 Å². The van der Waals surface area contributed by atoms with E-state index in [9.17, 15) is 9.59 Å². The zero-order chi connectivity index (χ0) is 14.2. The summed E-state index contributed by atoms with van der Waals surface area (Å²) in [5.41, 5.74) is 2.64. The summed E-state index contributed by atoms with van der Waals surface area (Å²) in [6, 6.07) is 5.56. The number of carbonyl (C=O) groups excluding carboxylic acids is 2. The van der Waals surface area contributed by atoms with Crippen molar-refractivity contribution in [1.82, 2.24) is 5.32 Å². The Hall–Kier alpha value is -1.84. The van der Waals surface area contributed by atoms with Crippen molar-refractivity contribution in [2.45, 2.75) is 51.0 Å². The first-order valence-electron chi connectivity index (χ1n) is 7.37. The Morgan fingerprint density at radius 2 is 2.15 bits per heavy atom. The van der Waals surface area contributed by atoms with E-state index in [1.807, 2.05) is 12.1 Å². The maximum absolute atomic E-state index is 12.3. The Morgan fingerprint density at radius 3 is 2.85 bits per heavy atom. The van der Waals surface area contributed by atoms with Crippen LogP contribution in [-0.2, 0) is 11.2 Å². The molecular formula is C16H20N2O2. The van der Waals surface area contributed by atoms with Crippen LogP contribution in [0, 0.1) is 0 Å². The van der Waals surface area contributed by atoms with Crippen molar-refractivity contribution in [2.75, 3.05) is 5.32 Å². The molecule has 0 spiro atoms. The van der Waals surface area contributed by atoms with Crippen molar-refractivity contribution >= 4 is 17.5 Å². The van der Waals surface area contributed by atoms with Crippen LogP contribution in [0.2, 0.25) is 0 Å². The van der Waals surface area contributed by atoms with Crippen molar-refractivity contribution in [2.24, 2.45) is 0 Å². The van der Waals surface area contributed by atoms with Crippen LogP contribution in [0.5, 0.6) is 0 Å². The molecule has 1 heterocycles. The number of amides is 2. The van der Waals surface area contributed by atoms with E-state index in [-0.39, 0.29) is 17.4 Å². The van der Waals surface area contributed by atoms with E-state index < -0.39 is 0 Å². The van der Waals surface area contributed by atoms with Gasteiger partial charge >= 0.3 is 0 Å². The predicted octanol–water partition coefficient (Wildman–Crippen LogP) is 2.63. The SMILES string of the molecule is CCC1(NC(=O)c2ccc3c(c2)CCCC(=O)N3)CC1. The summed E-state index contributed by atoms with van der Waals surface area (Å²) in [5, 5.41) is 6.03. The van der Waals surface area contributed by atoms with Gasteiger partial charge in [0.25, 0.3) is 5.91 Å². The number of fused-ring (bicyclic) bond motifs is 1. The normalized spacial score (nSPS) is 19.6. The third-order valence-electron chi connectivity index (χ3n) is 4.40. The van der Waals surface area contributed by atoms with Gasteiger partial charge in [-0.25, -0.2) is 0 Å². The quantitative estimate of drug-likeness (QED) is 0.888. The molecule has 1 saturated carbocycles. The lowest BCUT2D eigenvalue weighted by atomic mass is 10.0. The Bertz CT molecular complexity index is 562. The molecule has 1 fully saturated rings. The van der Waals surface area contributed by atoms with Crippen LogP contribution < -0.4 is 10.6 Å². The van der Waals surface area contributed by atoms with Crippen LogP contribution in [0.25, 0.3) is 0 Å². The minimum Gasteiger partial charge on any atom is -0.347 e. The zero-order valence-electron chi connectivity index (χ0n) is 11.8. The molecule has 1 aromatic rings. The van der Waals surface area contributed by atoms with Gasteiger partial charge in [0, 0.05) is 23.2 Å². The molecule has 1 aromatic carbocycles. The summed E-state index contributed by atoms with van der Waals surface area (Å²) >= 11 is 0. The van der Waals surface area contributed by atoms with Crippen molar-refractivity contribution in [3.63, 3.8) is 0 Å². The number of benzene rings is 1. The third kappa shape index (κ3) is 2.55. The highest BCUT2D eigenvalue weighted by Crippen LogP contribution is 2.38. The van der Waals surface area contributed by atoms with Gasteiger partial charge in [-0.05, 0) is 55.9 Å². The molecule has 1 aliphatic heterocycles. The van der Waals surface area contributed by atoms with Crippen LogP contribution in [0.4, 0.5) is 5.69 Å². The molecule has 2 N–H and O–H groups in total. The van der Waals surface area contributed by atoms with Crippen LogP contribution in [0.3, 0.4) is 0 Å². The molecule has 2 aliphatic rings. The van der Waals surface area contributed by atoms with E-state index >= 15 is 0 Å². The van der Waals surface area contributed by atoms with E-state index in [0.717, 1.165) is 43.4 Å². The lowest BCUT2D eigenvalue weighted by Gasteiger charge is -2.16. The molecule has 2 amide bonds. The number of carbonyl (C=O) groups is 2. The third-order valence-corrected chi connectivity index (χ3v) is 4.40. The van der Waals surface area contributed by atoms with Crippen LogP contribution in [0.15, 0.2) is 18.2 Å². The topological polar surface area (TPSA) is 58.2 Å². The lowest BCUT2D eigenvalue weighted by molar-refractivity contribution is -0.116. The first-order valence-corrected chi connectivity index (χ1v) is 7.37. The van der Waals surface area contributed by atoms with E-state index in [2.05, 4.69) is 17.6 Å². The summed E-state index contributed by atoms with van der Waals surface area (Å²) in [6.45, 7) is 2.11. The van der Waals surface area contributed by atoms with Crippen LogP contribution >= 0.6 is 0 Å². The molecule has 106 valence electrons. The van der Waals surface area contributed by atoms with Crippen molar-refractivity contribution < 1.29 is 9.59 Å². The van der Waals surface area contributed by atoms with Gasteiger partial charge < -0.3 is 10.6 Å². The number of hydrogen-bond acceptors (Lipinski definition) is 2. The maximum Gasteiger partial charge on any atom is 0.251 e. The van der Waals surface area contributed by atoms with Crippen molar-refractivity contribution in [3.8, 4) is 0 Å². The highest BCUT2D eigenvalue weighted by molar-refractivity contribution is 5.97. The van der Waals surface area contributed by atoms with Crippen LogP contribution in [-0.4, -0.2) is 17.4 Å². The van der Waals surface area contributed by atoms with E-state index in [1.165, 1.54) is 0 Å². The number of nitrogens with one attached hydrogen (secondary N) is 2. The van der Waals surface area contributed by atoms with Gasteiger partial charge in [0.2, 0.25) is 5.91 Å². The average Bonchev–Trinajstić information content (AvgIpc) is 3.22. The molecule has 4 heteroatoms. The average molecular weight is 272 g/mol. The fourth-order valence-corrected chi connectivity index (χ4v) is 2.75. The first kappa shape index (κ1) is 13.2. The van der Waals surface area contributed by atoms with E-state index in [1.54, 1.807) is 6.07 Å². The van der Waals surface area contributed by atoms with Gasteiger partial charge in [0.05, 0.1) is 0 Å². The number of rotatable bonds is 3. The van der Waals surface area contributed by atoms with Gasteiger partial charge in [0.1, 0.15) is 0 Å². The van der Waals surface area contributed by atoms with Crippen molar-refractivity contribution in [3.05, 3.63) is 29.3 Å². The predicted molar refractivity (Wildman–Crippen MR) is 77.7 cm³/mol. The number of anilines is 1. The Labute approximate surface area is 118 Å². The van der Waals surface area contributed by atoms with Gasteiger partial charge in [-0.1, -0.05) is 6.92 Å². The molecular weight excluding hydrogens is 252 g/mol. The number of aryl methyl sites for hydroxylation is 1. The highest BCUT2D eigenvalue weighted by Gasteiger charge is 2.42. The fraction of sp³-hybridized carbons (Fsp3) is 0.500. The number of hydrogen-bond donors (Lipinski definition) is 2. The Morgan fingerprint density at radius 1 is 1.35 bits per heavy atom. The molecule has 4 nitrogen and oxygen atoms in total. The Balaban J connectivity index is 1.79. The molecule has 0 aromatic heterocycles. The van der Waals surface area contributed by atoms with Gasteiger partial charge in [-0.3, -0.25) is 9.59 Å². The summed E-state index contributed by atoms with van der Waals surface area (Å²) in [4.78, 5) is 23.8. The van der Waals surface area contributed by atoms with Crippen molar-refractivity contribution in [1.29, 1.82) is 0 Å². The summed E-state index contributed by atoms with van der Waals surface area (Å²) in [7, 11) is 0. The van der Waals surface area contributed by atoms with Gasteiger partial charge in [-0.2, -0.15) is 0 Å². The lowest BCUT2D eigenvalue weighted by Crippen LogP contribution is -2.36. The fourth-order valence-electron chi connectivity index (χ4n) is 2.75. The first-order chi connectivity index (χ1) is 9.62.